The van der Waals surface area contributed by atoms with Gasteiger partial charge in [-0.25, -0.2) is 0 Å². The molecule has 4 nitrogen and oxygen atoms in total. The molecule has 0 radical (unpaired) electrons. The number of rotatable bonds is 5. The fourth-order valence-electron chi connectivity index (χ4n) is 1.01. The monoisotopic (exact) mass is 214 g/mol. The number of thioether (sulfide) groups is 1. The van der Waals surface area contributed by atoms with E-state index in [0.717, 1.165) is 18.9 Å². The van der Waals surface area contributed by atoms with Crippen LogP contribution in [0.2, 0.25) is 0 Å². The van der Waals surface area contributed by atoms with E-state index in [9.17, 15) is 0 Å². The van der Waals surface area contributed by atoms with Crippen molar-refractivity contribution in [1.82, 2.24) is 20.1 Å². The zero-order chi connectivity index (χ0) is 10.6. The lowest BCUT2D eigenvalue weighted by Gasteiger charge is -2.22. The van der Waals surface area contributed by atoms with Gasteiger partial charge < -0.3 is 9.88 Å². The number of aromatic nitrogens is 3. The molecule has 0 amide bonds. The first-order chi connectivity index (χ1) is 6.55. The Kier molecular flexibility index (Phi) is 3.95. The van der Waals surface area contributed by atoms with E-state index in [1.165, 1.54) is 0 Å². The summed E-state index contributed by atoms with van der Waals surface area (Å²) >= 11 is 1.86. The van der Waals surface area contributed by atoms with E-state index in [0.29, 0.717) is 0 Å². The van der Waals surface area contributed by atoms with Crippen molar-refractivity contribution >= 4 is 11.8 Å². The molecule has 0 aromatic carbocycles. The van der Waals surface area contributed by atoms with Crippen LogP contribution in [0, 0.1) is 0 Å². The lowest BCUT2D eigenvalue weighted by molar-refractivity contribution is 0.568. The molecule has 0 atom stereocenters. The Morgan fingerprint density at radius 3 is 2.79 bits per heavy atom. The normalized spacial score (nSPS) is 12.0. The highest BCUT2D eigenvalue weighted by molar-refractivity contribution is 7.99. The molecular weight excluding hydrogens is 196 g/mol. The van der Waals surface area contributed by atoms with Gasteiger partial charge in [0.25, 0.3) is 0 Å². The van der Waals surface area contributed by atoms with Gasteiger partial charge in [0, 0.05) is 18.3 Å². The minimum Gasteiger partial charge on any atom is -0.320 e. The predicted octanol–water partition coefficient (Wildman–Crippen LogP) is 1.05. The topological polar surface area (TPSA) is 42.7 Å². The van der Waals surface area contributed by atoms with Crippen molar-refractivity contribution in [3.8, 4) is 0 Å². The van der Waals surface area contributed by atoms with Gasteiger partial charge in [-0.05, 0) is 20.1 Å². The molecule has 1 N–H and O–H groups in total. The van der Waals surface area contributed by atoms with Crippen molar-refractivity contribution in [2.75, 3.05) is 12.8 Å². The molecule has 0 saturated carbocycles. The van der Waals surface area contributed by atoms with Gasteiger partial charge in [-0.1, -0.05) is 0 Å². The Morgan fingerprint density at radius 2 is 2.29 bits per heavy atom. The van der Waals surface area contributed by atoms with E-state index in [4.69, 9.17) is 0 Å². The van der Waals surface area contributed by atoms with Gasteiger partial charge in [-0.15, -0.1) is 10.2 Å². The number of nitrogens with one attached hydrogen (secondary N) is 1. The van der Waals surface area contributed by atoms with Crippen LogP contribution >= 0.6 is 11.8 Å². The minimum atomic E-state index is 0.276. The van der Waals surface area contributed by atoms with Gasteiger partial charge in [0.1, 0.15) is 12.2 Å². The second kappa shape index (κ2) is 4.79. The van der Waals surface area contributed by atoms with Crippen molar-refractivity contribution < 1.29 is 0 Å². The largest absolute Gasteiger partial charge is 0.320 e. The third-order valence-corrected chi connectivity index (χ3v) is 3.44. The molecule has 1 rings (SSSR count). The first-order valence-corrected chi connectivity index (χ1v) is 5.86. The Morgan fingerprint density at radius 1 is 1.57 bits per heavy atom. The molecule has 1 heterocycles. The van der Waals surface area contributed by atoms with Crippen LogP contribution < -0.4 is 5.32 Å². The van der Waals surface area contributed by atoms with Gasteiger partial charge >= 0.3 is 0 Å². The summed E-state index contributed by atoms with van der Waals surface area (Å²) in [5.41, 5.74) is 0. The average molecular weight is 214 g/mol. The third-order valence-electron chi connectivity index (χ3n) is 2.19. The molecule has 1 aromatic rings. The van der Waals surface area contributed by atoms with Crippen LogP contribution in [0.5, 0.6) is 0 Å². The fourth-order valence-corrected chi connectivity index (χ4v) is 1.26. The van der Waals surface area contributed by atoms with Crippen LogP contribution in [0.4, 0.5) is 0 Å². The maximum atomic E-state index is 4.00. The van der Waals surface area contributed by atoms with E-state index in [1.807, 2.05) is 23.4 Å². The maximum Gasteiger partial charge on any atom is 0.146 e. The Balaban J connectivity index is 2.32. The summed E-state index contributed by atoms with van der Waals surface area (Å²) in [5.74, 6) is 0.974. The standard InChI is InChI=1S/C9H18N4S/c1-9(2,14-4)6-10-5-8-12-11-7-13(8)3/h7,10H,5-6H2,1-4H3. The average Bonchev–Trinajstić information content (AvgIpc) is 2.52. The van der Waals surface area contributed by atoms with Gasteiger partial charge in [0.15, 0.2) is 0 Å². The first kappa shape index (κ1) is 11.5. The molecule has 0 aliphatic rings. The highest BCUT2D eigenvalue weighted by Crippen LogP contribution is 2.19. The van der Waals surface area contributed by atoms with E-state index in [1.54, 1.807) is 6.33 Å². The van der Waals surface area contributed by atoms with Crippen LogP contribution in [-0.2, 0) is 13.6 Å². The van der Waals surface area contributed by atoms with Gasteiger partial charge in [-0.3, -0.25) is 0 Å². The van der Waals surface area contributed by atoms with E-state index < -0.39 is 0 Å². The lowest BCUT2D eigenvalue weighted by atomic mass is 10.2. The molecule has 1 aromatic heterocycles. The fraction of sp³-hybridized carbons (Fsp3) is 0.778. The first-order valence-electron chi connectivity index (χ1n) is 4.64. The quantitative estimate of drug-likeness (QED) is 0.795. The van der Waals surface area contributed by atoms with Crippen LogP contribution in [0.15, 0.2) is 6.33 Å². The molecule has 0 saturated heterocycles. The van der Waals surface area contributed by atoms with Crippen LogP contribution in [0.1, 0.15) is 19.7 Å². The summed E-state index contributed by atoms with van der Waals surface area (Å²) in [6, 6.07) is 0. The van der Waals surface area contributed by atoms with Gasteiger partial charge in [0.2, 0.25) is 0 Å². The number of nitrogens with zero attached hydrogens (tertiary/aromatic N) is 3. The summed E-state index contributed by atoms with van der Waals surface area (Å²) in [7, 11) is 1.96. The predicted molar refractivity (Wildman–Crippen MR) is 60.3 cm³/mol. The molecule has 5 heteroatoms. The van der Waals surface area contributed by atoms with Crippen molar-refractivity contribution in [1.29, 1.82) is 0 Å². The van der Waals surface area contributed by atoms with Gasteiger partial charge in [0.05, 0.1) is 6.54 Å². The van der Waals surface area contributed by atoms with Crippen molar-refractivity contribution in [3.05, 3.63) is 12.2 Å². The molecule has 0 bridgehead atoms. The summed E-state index contributed by atoms with van der Waals surface area (Å²) in [4.78, 5) is 0. The highest BCUT2D eigenvalue weighted by atomic mass is 32.2. The van der Waals surface area contributed by atoms with Crippen molar-refractivity contribution in [3.63, 3.8) is 0 Å². The minimum absolute atomic E-state index is 0.276. The van der Waals surface area contributed by atoms with Crippen LogP contribution in [0.3, 0.4) is 0 Å². The molecule has 0 aliphatic heterocycles. The van der Waals surface area contributed by atoms with E-state index in [2.05, 4.69) is 35.6 Å². The number of aryl methyl sites for hydroxylation is 1. The molecule has 0 spiro atoms. The molecular formula is C9H18N4S. The summed E-state index contributed by atoms with van der Waals surface area (Å²) in [5, 5.41) is 11.2. The molecule has 0 fully saturated rings. The zero-order valence-corrected chi connectivity index (χ0v) is 10.1. The number of hydrogen-bond donors (Lipinski definition) is 1. The van der Waals surface area contributed by atoms with E-state index >= 15 is 0 Å². The summed E-state index contributed by atoms with van der Waals surface area (Å²) in [6.45, 7) is 6.20. The smallest absolute Gasteiger partial charge is 0.146 e. The number of hydrogen-bond acceptors (Lipinski definition) is 4. The molecule has 80 valence electrons. The van der Waals surface area contributed by atoms with E-state index in [-0.39, 0.29) is 4.75 Å². The van der Waals surface area contributed by atoms with Crippen molar-refractivity contribution in [2.45, 2.75) is 25.1 Å². The highest BCUT2D eigenvalue weighted by Gasteiger charge is 2.15. The summed E-state index contributed by atoms with van der Waals surface area (Å²) < 4.78 is 2.21. The molecule has 14 heavy (non-hydrogen) atoms. The Labute approximate surface area is 89.5 Å². The summed E-state index contributed by atoms with van der Waals surface area (Å²) in [6.07, 6.45) is 3.85. The van der Waals surface area contributed by atoms with Crippen LogP contribution in [-0.4, -0.2) is 32.3 Å². The van der Waals surface area contributed by atoms with Gasteiger partial charge in [-0.2, -0.15) is 11.8 Å². The maximum absolute atomic E-state index is 4.00. The lowest BCUT2D eigenvalue weighted by Crippen LogP contribution is -2.32. The third kappa shape index (κ3) is 3.31. The SMILES string of the molecule is CSC(C)(C)CNCc1nncn1C. The molecule has 0 unspecified atom stereocenters. The van der Waals surface area contributed by atoms with Crippen molar-refractivity contribution in [2.24, 2.45) is 7.05 Å². The Bertz CT molecular complexity index is 282. The Hall–Kier alpha value is -0.550. The molecule has 0 aliphatic carbocycles. The zero-order valence-electron chi connectivity index (χ0n) is 9.24. The second-order valence-corrected chi connectivity index (χ2v) is 5.44. The van der Waals surface area contributed by atoms with Crippen LogP contribution in [0.25, 0.3) is 0 Å². The second-order valence-electron chi connectivity index (χ2n) is 3.93.